The maximum Gasteiger partial charge on any atom is 0.123 e. The molecule has 0 saturated carbocycles. The van der Waals surface area contributed by atoms with E-state index in [0.717, 1.165) is 21.3 Å². The first-order chi connectivity index (χ1) is 10.1. The normalized spacial score (nSPS) is 13.7. The van der Waals surface area contributed by atoms with Gasteiger partial charge in [0.15, 0.2) is 0 Å². The summed E-state index contributed by atoms with van der Waals surface area (Å²) in [5.74, 6) is 0.856. The number of halogens is 1. The van der Waals surface area contributed by atoms with Crippen molar-refractivity contribution in [2.75, 3.05) is 13.7 Å². The number of aliphatic hydroxyl groups excluding tert-OH is 1. The molecule has 21 heavy (non-hydrogen) atoms. The van der Waals surface area contributed by atoms with Crippen LogP contribution in [0.25, 0.3) is 0 Å². The van der Waals surface area contributed by atoms with Gasteiger partial charge in [-0.3, -0.25) is 0 Å². The van der Waals surface area contributed by atoms with E-state index in [1.54, 1.807) is 7.11 Å². The SMILES string of the molecule is COc1ccccc1[C@H](C)NCC(O)c1cccc(Br)c1. The van der Waals surface area contributed by atoms with E-state index in [1.807, 2.05) is 48.5 Å². The van der Waals surface area contributed by atoms with Crippen LogP contribution in [-0.2, 0) is 0 Å². The summed E-state index contributed by atoms with van der Waals surface area (Å²) >= 11 is 3.42. The van der Waals surface area contributed by atoms with Crippen LogP contribution in [0.1, 0.15) is 30.2 Å². The van der Waals surface area contributed by atoms with Crippen LogP contribution >= 0.6 is 15.9 Å². The van der Waals surface area contributed by atoms with Crippen LogP contribution in [0.2, 0.25) is 0 Å². The number of hydrogen-bond donors (Lipinski definition) is 2. The van der Waals surface area contributed by atoms with Gasteiger partial charge in [0.25, 0.3) is 0 Å². The molecule has 4 heteroatoms. The summed E-state index contributed by atoms with van der Waals surface area (Å²) in [6.07, 6.45) is -0.542. The maximum atomic E-state index is 10.3. The van der Waals surface area contributed by atoms with E-state index >= 15 is 0 Å². The molecule has 2 rings (SSSR count). The van der Waals surface area contributed by atoms with Crippen LogP contribution in [0.5, 0.6) is 5.75 Å². The number of methoxy groups -OCH3 is 1. The maximum absolute atomic E-state index is 10.3. The fraction of sp³-hybridized carbons (Fsp3) is 0.294. The van der Waals surface area contributed by atoms with E-state index < -0.39 is 6.10 Å². The average Bonchev–Trinajstić information content (AvgIpc) is 2.52. The van der Waals surface area contributed by atoms with Crippen LogP contribution in [0, 0.1) is 0 Å². The van der Waals surface area contributed by atoms with E-state index in [9.17, 15) is 5.11 Å². The molecule has 0 amide bonds. The predicted octanol–water partition coefficient (Wildman–Crippen LogP) is 3.84. The van der Waals surface area contributed by atoms with Gasteiger partial charge in [-0.1, -0.05) is 46.3 Å². The highest BCUT2D eigenvalue weighted by Crippen LogP contribution is 2.25. The average molecular weight is 350 g/mol. The topological polar surface area (TPSA) is 41.5 Å². The molecule has 0 aliphatic heterocycles. The molecule has 2 N–H and O–H groups in total. The molecule has 0 radical (unpaired) electrons. The van der Waals surface area contributed by atoms with E-state index in [4.69, 9.17) is 4.74 Å². The Morgan fingerprint density at radius 2 is 1.95 bits per heavy atom. The lowest BCUT2D eigenvalue weighted by molar-refractivity contribution is 0.170. The highest BCUT2D eigenvalue weighted by molar-refractivity contribution is 9.10. The van der Waals surface area contributed by atoms with Crippen LogP contribution < -0.4 is 10.1 Å². The van der Waals surface area contributed by atoms with Gasteiger partial charge in [-0.15, -0.1) is 0 Å². The van der Waals surface area contributed by atoms with Crippen molar-refractivity contribution in [3.63, 3.8) is 0 Å². The second-order valence-corrected chi connectivity index (χ2v) is 5.86. The Balaban J connectivity index is 1.99. The summed E-state index contributed by atoms with van der Waals surface area (Å²) in [6.45, 7) is 2.54. The minimum atomic E-state index is -0.542. The molecular weight excluding hydrogens is 330 g/mol. The quantitative estimate of drug-likeness (QED) is 0.832. The van der Waals surface area contributed by atoms with Crippen LogP contribution in [0.15, 0.2) is 53.0 Å². The number of ether oxygens (including phenoxy) is 1. The number of rotatable bonds is 6. The molecule has 112 valence electrons. The Bertz CT molecular complexity index is 589. The van der Waals surface area contributed by atoms with E-state index in [2.05, 4.69) is 28.2 Å². The minimum absolute atomic E-state index is 0.1000. The third kappa shape index (κ3) is 4.30. The zero-order chi connectivity index (χ0) is 15.2. The first kappa shape index (κ1) is 16.0. The summed E-state index contributed by atoms with van der Waals surface area (Å²) in [4.78, 5) is 0. The number of benzene rings is 2. The van der Waals surface area contributed by atoms with Gasteiger partial charge in [-0.2, -0.15) is 0 Å². The molecule has 0 bridgehead atoms. The molecular formula is C17H20BrNO2. The smallest absolute Gasteiger partial charge is 0.123 e. The second-order valence-electron chi connectivity index (χ2n) is 4.94. The van der Waals surface area contributed by atoms with E-state index in [0.29, 0.717) is 6.54 Å². The lowest BCUT2D eigenvalue weighted by Gasteiger charge is -2.19. The number of aliphatic hydroxyl groups is 1. The second kappa shape index (κ2) is 7.59. The van der Waals surface area contributed by atoms with Crippen molar-refractivity contribution < 1.29 is 9.84 Å². The summed E-state index contributed by atoms with van der Waals surface area (Å²) in [5.41, 5.74) is 1.98. The Kier molecular flexibility index (Phi) is 5.79. The van der Waals surface area contributed by atoms with Gasteiger partial charge in [-0.25, -0.2) is 0 Å². The highest BCUT2D eigenvalue weighted by atomic mass is 79.9. The van der Waals surface area contributed by atoms with Gasteiger partial charge >= 0.3 is 0 Å². The van der Waals surface area contributed by atoms with Gasteiger partial charge in [-0.05, 0) is 30.7 Å². The van der Waals surface area contributed by atoms with E-state index in [-0.39, 0.29) is 6.04 Å². The standard InChI is InChI=1S/C17H20BrNO2/c1-12(15-8-3-4-9-17(15)21-2)19-11-16(20)13-6-5-7-14(18)10-13/h3-10,12,16,19-20H,11H2,1-2H3/t12-,16?/m0/s1. The monoisotopic (exact) mass is 349 g/mol. The summed E-state index contributed by atoms with van der Waals surface area (Å²) in [6, 6.07) is 15.7. The molecule has 0 spiro atoms. The van der Waals surface area contributed by atoms with Crippen molar-refractivity contribution in [2.45, 2.75) is 19.1 Å². The Morgan fingerprint density at radius 3 is 2.67 bits per heavy atom. The number of hydrogen-bond acceptors (Lipinski definition) is 3. The van der Waals surface area contributed by atoms with Crippen molar-refractivity contribution in [3.8, 4) is 5.75 Å². The first-order valence-electron chi connectivity index (χ1n) is 6.91. The van der Waals surface area contributed by atoms with E-state index in [1.165, 1.54) is 0 Å². The lowest BCUT2D eigenvalue weighted by atomic mass is 10.1. The third-order valence-corrected chi connectivity index (χ3v) is 3.95. The number of para-hydroxylation sites is 1. The summed E-state index contributed by atoms with van der Waals surface area (Å²) in [5, 5.41) is 13.6. The third-order valence-electron chi connectivity index (χ3n) is 3.46. The first-order valence-corrected chi connectivity index (χ1v) is 7.71. The molecule has 0 aliphatic carbocycles. The van der Waals surface area contributed by atoms with Gasteiger partial charge < -0.3 is 15.2 Å². The molecule has 1 unspecified atom stereocenters. The van der Waals surface area contributed by atoms with Gasteiger partial charge in [0.1, 0.15) is 5.75 Å². The molecule has 0 saturated heterocycles. The van der Waals surface area contributed by atoms with Crippen molar-refractivity contribution in [2.24, 2.45) is 0 Å². The Labute approximate surface area is 134 Å². The fourth-order valence-corrected chi connectivity index (χ4v) is 2.67. The molecule has 3 nitrogen and oxygen atoms in total. The lowest BCUT2D eigenvalue weighted by Crippen LogP contribution is -2.25. The van der Waals surface area contributed by atoms with Crippen molar-refractivity contribution in [3.05, 3.63) is 64.1 Å². The fourth-order valence-electron chi connectivity index (χ4n) is 2.25. The molecule has 0 aliphatic rings. The molecule has 2 atom stereocenters. The van der Waals surface area contributed by atoms with Gasteiger partial charge in [0, 0.05) is 22.6 Å². The van der Waals surface area contributed by atoms with Crippen molar-refractivity contribution >= 4 is 15.9 Å². The van der Waals surface area contributed by atoms with Crippen LogP contribution in [0.3, 0.4) is 0 Å². The van der Waals surface area contributed by atoms with Crippen LogP contribution in [0.4, 0.5) is 0 Å². The zero-order valence-electron chi connectivity index (χ0n) is 12.2. The molecule has 0 fully saturated rings. The Hall–Kier alpha value is -1.36. The van der Waals surface area contributed by atoms with Crippen molar-refractivity contribution in [1.29, 1.82) is 0 Å². The Morgan fingerprint density at radius 1 is 1.19 bits per heavy atom. The summed E-state index contributed by atoms with van der Waals surface area (Å²) < 4.78 is 6.33. The molecule has 0 aromatic heterocycles. The minimum Gasteiger partial charge on any atom is -0.496 e. The number of nitrogens with one attached hydrogen (secondary N) is 1. The van der Waals surface area contributed by atoms with Crippen molar-refractivity contribution in [1.82, 2.24) is 5.32 Å². The molecule has 2 aromatic rings. The highest BCUT2D eigenvalue weighted by Gasteiger charge is 2.13. The largest absolute Gasteiger partial charge is 0.496 e. The zero-order valence-corrected chi connectivity index (χ0v) is 13.8. The molecule has 2 aromatic carbocycles. The van der Waals surface area contributed by atoms with Gasteiger partial charge in [0.2, 0.25) is 0 Å². The summed E-state index contributed by atoms with van der Waals surface area (Å²) in [7, 11) is 1.67. The van der Waals surface area contributed by atoms with Crippen LogP contribution in [-0.4, -0.2) is 18.8 Å². The molecule has 0 heterocycles. The predicted molar refractivity (Wildman–Crippen MR) is 88.5 cm³/mol. The van der Waals surface area contributed by atoms with Gasteiger partial charge in [0.05, 0.1) is 13.2 Å².